The maximum atomic E-state index is 13.3. The van der Waals surface area contributed by atoms with Crippen molar-refractivity contribution in [3.05, 3.63) is 94.6 Å². The van der Waals surface area contributed by atoms with Crippen molar-refractivity contribution in [3.63, 3.8) is 0 Å². The van der Waals surface area contributed by atoms with Crippen LogP contribution in [0.1, 0.15) is 69.9 Å². The predicted octanol–water partition coefficient (Wildman–Crippen LogP) is 5.12. The Morgan fingerprint density at radius 1 is 1.09 bits per heavy atom. The first-order valence-electron chi connectivity index (χ1n) is 11.6. The monoisotopic (exact) mass is 447 g/mol. The zero-order valence-electron chi connectivity index (χ0n) is 19.2. The standard InChI is InChI=1S/C27H30FN3O2/c1-3-23(20-9-5-4-6-10-20)29-26(32)22-17-25(31-16-8-7-11-24(22)31)27(33)30(2)18-19-12-14-21(28)15-13-19/h4-6,9-10,12-15,17,23H,3,7-8,11,16,18H2,1-2H3,(H,29,32). The molecule has 1 atom stereocenters. The number of rotatable bonds is 7. The smallest absolute Gasteiger partial charge is 0.270 e. The molecule has 4 rings (SSSR count). The fraction of sp³-hybridized carbons (Fsp3) is 0.333. The molecule has 0 spiro atoms. The summed E-state index contributed by atoms with van der Waals surface area (Å²) in [6.07, 6.45) is 3.53. The fourth-order valence-corrected chi connectivity index (χ4v) is 4.52. The quantitative estimate of drug-likeness (QED) is 0.547. The molecule has 2 heterocycles. The minimum Gasteiger partial charge on any atom is -0.345 e. The summed E-state index contributed by atoms with van der Waals surface area (Å²) >= 11 is 0. The second kappa shape index (κ2) is 10.0. The summed E-state index contributed by atoms with van der Waals surface area (Å²) in [5.74, 6) is -0.585. The number of hydrogen-bond acceptors (Lipinski definition) is 2. The summed E-state index contributed by atoms with van der Waals surface area (Å²) in [4.78, 5) is 28.2. The molecule has 33 heavy (non-hydrogen) atoms. The van der Waals surface area contributed by atoms with Crippen LogP contribution in [0.2, 0.25) is 0 Å². The van der Waals surface area contributed by atoms with Gasteiger partial charge in [0.15, 0.2) is 0 Å². The molecule has 5 nitrogen and oxygen atoms in total. The zero-order chi connectivity index (χ0) is 23.4. The molecule has 3 aromatic rings. The van der Waals surface area contributed by atoms with Crippen LogP contribution in [0.25, 0.3) is 0 Å². The SMILES string of the molecule is CCC(NC(=O)c1cc(C(=O)N(C)Cc2ccc(F)cc2)n2c1CCCC2)c1ccccc1. The van der Waals surface area contributed by atoms with Crippen LogP contribution in [0.4, 0.5) is 4.39 Å². The van der Waals surface area contributed by atoms with Crippen LogP contribution in [0.5, 0.6) is 0 Å². The lowest BCUT2D eigenvalue weighted by atomic mass is 10.0. The third-order valence-electron chi connectivity index (χ3n) is 6.31. The summed E-state index contributed by atoms with van der Waals surface area (Å²) in [5, 5.41) is 3.16. The van der Waals surface area contributed by atoms with Gasteiger partial charge in [0, 0.05) is 25.8 Å². The number of aromatic nitrogens is 1. The van der Waals surface area contributed by atoms with Crippen LogP contribution in [0.3, 0.4) is 0 Å². The van der Waals surface area contributed by atoms with E-state index >= 15 is 0 Å². The van der Waals surface area contributed by atoms with Gasteiger partial charge in [-0.25, -0.2) is 4.39 Å². The van der Waals surface area contributed by atoms with E-state index in [0.29, 0.717) is 17.8 Å². The minimum absolute atomic E-state index is 0.0851. The topological polar surface area (TPSA) is 54.3 Å². The number of amides is 2. The lowest BCUT2D eigenvalue weighted by Gasteiger charge is -2.22. The zero-order valence-corrected chi connectivity index (χ0v) is 19.2. The second-order valence-electron chi connectivity index (χ2n) is 8.63. The van der Waals surface area contributed by atoms with Crippen molar-refractivity contribution < 1.29 is 14.0 Å². The normalized spacial score (nSPS) is 13.8. The van der Waals surface area contributed by atoms with Crippen molar-refractivity contribution in [2.45, 2.75) is 51.7 Å². The van der Waals surface area contributed by atoms with E-state index < -0.39 is 0 Å². The highest BCUT2D eigenvalue weighted by atomic mass is 19.1. The first kappa shape index (κ1) is 22.8. The molecule has 0 bridgehead atoms. The molecule has 2 aromatic carbocycles. The molecule has 1 aliphatic rings. The lowest BCUT2D eigenvalue weighted by molar-refractivity contribution is 0.0773. The van der Waals surface area contributed by atoms with Gasteiger partial charge in [-0.15, -0.1) is 0 Å². The van der Waals surface area contributed by atoms with Crippen LogP contribution >= 0.6 is 0 Å². The molecular formula is C27H30FN3O2. The third kappa shape index (κ3) is 5.00. The van der Waals surface area contributed by atoms with Gasteiger partial charge in [0.1, 0.15) is 11.5 Å². The number of benzene rings is 2. The van der Waals surface area contributed by atoms with Crippen molar-refractivity contribution in [2.75, 3.05) is 7.05 Å². The number of halogens is 1. The average molecular weight is 448 g/mol. The van der Waals surface area contributed by atoms with Crippen molar-refractivity contribution in [3.8, 4) is 0 Å². The molecule has 1 aliphatic heterocycles. The van der Waals surface area contributed by atoms with Crippen LogP contribution in [0.15, 0.2) is 60.7 Å². The van der Waals surface area contributed by atoms with Gasteiger partial charge >= 0.3 is 0 Å². The van der Waals surface area contributed by atoms with E-state index in [4.69, 9.17) is 0 Å². The van der Waals surface area contributed by atoms with Crippen LogP contribution in [-0.2, 0) is 19.5 Å². The number of nitrogens with zero attached hydrogens (tertiary/aromatic N) is 2. The van der Waals surface area contributed by atoms with E-state index in [1.807, 2.05) is 41.8 Å². The molecule has 0 radical (unpaired) electrons. The minimum atomic E-state index is -0.301. The van der Waals surface area contributed by atoms with E-state index in [1.54, 1.807) is 30.1 Å². The highest BCUT2D eigenvalue weighted by Gasteiger charge is 2.28. The molecule has 0 saturated heterocycles. The second-order valence-corrected chi connectivity index (χ2v) is 8.63. The van der Waals surface area contributed by atoms with E-state index in [0.717, 1.165) is 49.0 Å². The third-order valence-corrected chi connectivity index (χ3v) is 6.31. The number of hydrogen-bond donors (Lipinski definition) is 1. The number of carbonyl (C=O) groups is 2. The van der Waals surface area contributed by atoms with Gasteiger partial charge < -0.3 is 14.8 Å². The highest BCUT2D eigenvalue weighted by Crippen LogP contribution is 2.26. The van der Waals surface area contributed by atoms with Gasteiger partial charge in [0.2, 0.25) is 0 Å². The van der Waals surface area contributed by atoms with E-state index in [1.165, 1.54) is 12.1 Å². The molecule has 1 N–H and O–H groups in total. The molecule has 0 fully saturated rings. The summed E-state index contributed by atoms with van der Waals surface area (Å²) in [5.41, 5.74) is 3.97. The van der Waals surface area contributed by atoms with Crippen molar-refractivity contribution in [1.82, 2.24) is 14.8 Å². The molecule has 1 unspecified atom stereocenters. The van der Waals surface area contributed by atoms with E-state index in [-0.39, 0.29) is 23.7 Å². The Balaban J connectivity index is 1.57. The maximum absolute atomic E-state index is 13.3. The number of nitrogens with one attached hydrogen (secondary N) is 1. The van der Waals surface area contributed by atoms with Gasteiger partial charge in [0.25, 0.3) is 11.8 Å². The number of carbonyl (C=O) groups excluding carboxylic acids is 2. The molecule has 172 valence electrons. The van der Waals surface area contributed by atoms with Crippen molar-refractivity contribution in [2.24, 2.45) is 0 Å². The molecule has 0 aliphatic carbocycles. The summed E-state index contributed by atoms with van der Waals surface area (Å²) in [7, 11) is 1.73. The maximum Gasteiger partial charge on any atom is 0.270 e. The van der Waals surface area contributed by atoms with Gasteiger partial charge in [0.05, 0.1) is 11.6 Å². The van der Waals surface area contributed by atoms with E-state index in [9.17, 15) is 14.0 Å². The van der Waals surface area contributed by atoms with Crippen molar-refractivity contribution in [1.29, 1.82) is 0 Å². The lowest BCUT2D eigenvalue weighted by Crippen LogP contribution is -2.29. The van der Waals surface area contributed by atoms with Gasteiger partial charge in [-0.1, -0.05) is 49.4 Å². The fourth-order valence-electron chi connectivity index (χ4n) is 4.52. The van der Waals surface area contributed by atoms with Gasteiger partial charge in [-0.2, -0.15) is 0 Å². The Morgan fingerprint density at radius 2 is 1.82 bits per heavy atom. The van der Waals surface area contributed by atoms with Crippen LogP contribution < -0.4 is 5.32 Å². The van der Waals surface area contributed by atoms with Gasteiger partial charge in [-0.05, 0) is 55.0 Å². The predicted molar refractivity (Wildman–Crippen MR) is 127 cm³/mol. The molecule has 0 saturated carbocycles. The first-order chi connectivity index (χ1) is 16.0. The average Bonchev–Trinajstić information content (AvgIpc) is 3.23. The highest BCUT2D eigenvalue weighted by molar-refractivity contribution is 6.00. The largest absolute Gasteiger partial charge is 0.345 e. The van der Waals surface area contributed by atoms with E-state index in [2.05, 4.69) is 5.32 Å². The molecule has 2 amide bonds. The Labute approximate surface area is 194 Å². The molecule has 6 heteroatoms. The van der Waals surface area contributed by atoms with Crippen molar-refractivity contribution >= 4 is 11.8 Å². The molecular weight excluding hydrogens is 417 g/mol. The summed E-state index contributed by atoms with van der Waals surface area (Å²) in [6, 6.07) is 17.7. The Morgan fingerprint density at radius 3 is 2.52 bits per heavy atom. The Hall–Kier alpha value is -3.41. The van der Waals surface area contributed by atoms with Crippen LogP contribution in [-0.4, -0.2) is 28.3 Å². The molecule has 1 aromatic heterocycles. The summed E-state index contributed by atoms with van der Waals surface area (Å²) in [6.45, 7) is 3.14. The Bertz CT molecular complexity index is 1120. The number of fused-ring (bicyclic) bond motifs is 1. The van der Waals surface area contributed by atoms with Crippen LogP contribution in [0, 0.1) is 5.82 Å². The summed E-state index contributed by atoms with van der Waals surface area (Å²) < 4.78 is 15.2. The first-order valence-corrected chi connectivity index (χ1v) is 11.6. The Kier molecular flexibility index (Phi) is 6.92. The van der Waals surface area contributed by atoms with Gasteiger partial charge in [-0.3, -0.25) is 9.59 Å².